The van der Waals surface area contributed by atoms with Crippen molar-refractivity contribution in [3.8, 4) is 17.6 Å². The maximum atomic E-state index is 13.7. The molecule has 2 N–H and O–H groups in total. The van der Waals surface area contributed by atoms with E-state index in [0.717, 1.165) is 11.1 Å². The minimum Gasteiger partial charge on any atom is -0.487 e. The molecule has 2 aromatic carbocycles. The molecule has 0 amide bonds. The normalized spacial score (nSPS) is 9.90. The predicted molar refractivity (Wildman–Crippen MR) is 82.9 cm³/mol. The van der Waals surface area contributed by atoms with Gasteiger partial charge in [0.2, 0.25) is 0 Å². The van der Waals surface area contributed by atoms with Gasteiger partial charge in [0.25, 0.3) is 0 Å². The molecule has 0 bridgehead atoms. The highest BCUT2D eigenvalue weighted by Gasteiger charge is 2.09. The van der Waals surface area contributed by atoms with E-state index in [1.807, 2.05) is 25.1 Å². The molecule has 2 aromatic rings. The van der Waals surface area contributed by atoms with Gasteiger partial charge in [-0.1, -0.05) is 35.6 Å². The second kappa shape index (κ2) is 7.12. The lowest BCUT2D eigenvalue weighted by Gasteiger charge is -2.11. The fraction of sp³-hybridized carbons (Fsp3) is 0.176. The summed E-state index contributed by atoms with van der Waals surface area (Å²) in [7, 11) is 0. The van der Waals surface area contributed by atoms with E-state index in [1.165, 1.54) is 6.07 Å². The van der Waals surface area contributed by atoms with Crippen LogP contribution in [0.2, 0.25) is 5.02 Å². The van der Waals surface area contributed by atoms with E-state index in [0.29, 0.717) is 16.3 Å². The Balaban J connectivity index is 2.24. The van der Waals surface area contributed by atoms with Gasteiger partial charge in [0, 0.05) is 5.56 Å². The molecule has 2 nitrogen and oxygen atoms in total. The van der Waals surface area contributed by atoms with Gasteiger partial charge >= 0.3 is 0 Å². The standard InChI is InChI=1S/C17H15ClFNO/c1-12-7-8-17(13(10-12)4-3-9-20)21-11-14-15(18)5-2-6-16(14)19/h2,5-8,10H,9,11,20H2,1H3. The zero-order valence-electron chi connectivity index (χ0n) is 11.6. The average Bonchev–Trinajstić information content (AvgIpc) is 2.46. The zero-order chi connectivity index (χ0) is 15.2. The van der Waals surface area contributed by atoms with Gasteiger partial charge < -0.3 is 10.5 Å². The number of aryl methyl sites for hydroxylation is 1. The summed E-state index contributed by atoms with van der Waals surface area (Å²) in [4.78, 5) is 0. The van der Waals surface area contributed by atoms with Gasteiger partial charge in [0.1, 0.15) is 18.2 Å². The van der Waals surface area contributed by atoms with E-state index in [-0.39, 0.29) is 19.0 Å². The van der Waals surface area contributed by atoms with Gasteiger partial charge in [-0.15, -0.1) is 0 Å². The third-order valence-corrected chi connectivity index (χ3v) is 3.25. The third kappa shape index (κ3) is 3.98. The molecule has 0 atom stereocenters. The Bertz CT molecular complexity index is 683. The van der Waals surface area contributed by atoms with Crippen LogP contribution in [0.25, 0.3) is 0 Å². The summed E-state index contributed by atoms with van der Waals surface area (Å²) < 4.78 is 19.4. The molecule has 0 unspecified atom stereocenters. The van der Waals surface area contributed by atoms with Gasteiger partial charge in [0.05, 0.1) is 17.1 Å². The summed E-state index contributed by atoms with van der Waals surface area (Å²) in [5.74, 6) is 5.94. The van der Waals surface area contributed by atoms with Crippen LogP contribution in [0.1, 0.15) is 16.7 Å². The van der Waals surface area contributed by atoms with Crippen molar-refractivity contribution in [1.29, 1.82) is 0 Å². The highest BCUT2D eigenvalue weighted by atomic mass is 35.5. The molecule has 0 saturated carbocycles. The molecule has 0 spiro atoms. The summed E-state index contributed by atoms with van der Waals surface area (Å²) in [6.07, 6.45) is 0. The van der Waals surface area contributed by atoms with Crippen molar-refractivity contribution in [2.24, 2.45) is 5.73 Å². The van der Waals surface area contributed by atoms with E-state index in [2.05, 4.69) is 11.8 Å². The highest BCUT2D eigenvalue weighted by Crippen LogP contribution is 2.24. The molecule has 0 aliphatic carbocycles. The lowest BCUT2D eigenvalue weighted by atomic mass is 10.1. The Kier molecular flexibility index (Phi) is 5.21. The molecule has 108 valence electrons. The molecule has 0 heterocycles. The molecular weight excluding hydrogens is 289 g/mol. The van der Waals surface area contributed by atoms with Crippen LogP contribution in [0.15, 0.2) is 36.4 Å². The zero-order valence-corrected chi connectivity index (χ0v) is 12.4. The SMILES string of the molecule is Cc1ccc(OCc2c(F)cccc2Cl)c(C#CCN)c1. The number of halogens is 2. The largest absolute Gasteiger partial charge is 0.487 e. The highest BCUT2D eigenvalue weighted by molar-refractivity contribution is 6.31. The Morgan fingerprint density at radius 3 is 2.81 bits per heavy atom. The Hall–Kier alpha value is -2.02. The molecule has 0 radical (unpaired) electrons. The summed E-state index contributed by atoms with van der Waals surface area (Å²) >= 11 is 5.98. The molecule has 0 aliphatic rings. The van der Waals surface area contributed by atoms with Crippen LogP contribution < -0.4 is 10.5 Å². The van der Waals surface area contributed by atoms with Crippen molar-refractivity contribution in [2.75, 3.05) is 6.54 Å². The van der Waals surface area contributed by atoms with Crippen LogP contribution in [0, 0.1) is 24.6 Å². The van der Waals surface area contributed by atoms with E-state index in [9.17, 15) is 4.39 Å². The van der Waals surface area contributed by atoms with Crippen LogP contribution in [0.5, 0.6) is 5.75 Å². The van der Waals surface area contributed by atoms with E-state index in [1.54, 1.807) is 12.1 Å². The minimum atomic E-state index is -0.385. The first-order valence-corrected chi connectivity index (χ1v) is 6.85. The molecule has 2 rings (SSSR count). The smallest absolute Gasteiger partial charge is 0.135 e. The molecule has 0 fully saturated rings. The number of ether oxygens (including phenoxy) is 1. The Morgan fingerprint density at radius 2 is 2.10 bits per heavy atom. The van der Waals surface area contributed by atoms with Crippen molar-refractivity contribution in [3.63, 3.8) is 0 Å². The summed E-state index contributed by atoms with van der Waals surface area (Å²) in [6, 6.07) is 10.2. The van der Waals surface area contributed by atoms with E-state index in [4.69, 9.17) is 22.1 Å². The average molecular weight is 304 g/mol. The monoisotopic (exact) mass is 303 g/mol. The van der Waals surface area contributed by atoms with E-state index < -0.39 is 0 Å². The second-order valence-electron chi connectivity index (χ2n) is 4.49. The van der Waals surface area contributed by atoms with Crippen molar-refractivity contribution >= 4 is 11.6 Å². The van der Waals surface area contributed by atoms with Crippen molar-refractivity contribution < 1.29 is 9.13 Å². The molecular formula is C17H15ClFNO. The predicted octanol–water partition coefficient (Wildman–Crippen LogP) is 3.68. The molecule has 0 aromatic heterocycles. The van der Waals surface area contributed by atoms with E-state index >= 15 is 0 Å². The van der Waals surface area contributed by atoms with Crippen LogP contribution >= 0.6 is 11.6 Å². The van der Waals surface area contributed by atoms with Gasteiger partial charge in [0.15, 0.2) is 0 Å². The van der Waals surface area contributed by atoms with Gasteiger partial charge in [-0.05, 0) is 36.8 Å². The van der Waals surface area contributed by atoms with Crippen LogP contribution in [-0.2, 0) is 6.61 Å². The maximum Gasteiger partial charge on any atom is 0.135 e. The van der Waals surface area contributed by atoms with Crippen molar-refractivity contribution in [1.82, 2.24) is 0 Å². The van der Waals surface area contributed by atoms with Crippen LogP contribution in [0.4, 0.5) is 4.39 Å². The number of rotatable bonds is 3. The number of nitrogens with two attached hydrogens (primary N) is 1. The van der Waals surface area contributed by atoms with Crippen LogP contribution in [0.3, 0.4) is 0 Å². The number of hydrogen-bond donors (Lipinski definition) is 1. The first kappa shape index (κ1) is 15.4. The second-order valence-corrected chi connectivity index (χ2v) is 4.90. The fourth-order valence-corrected chi connectivity index (χ4v) is 2.05. The lowest BCUT2D eigenvalue weighted by Crippen LogP contribution is -2.01. The molecule has 21 heavy (non-hydrogen) atoms. The van der Waals surface area contributed by atoms with Crippen molar-refractivity contribution in [2.45, 2.75) is 13.5 Å². The lowest BCUT2D eigenvalue weighted by molar-refractivity contribution is 0.299. The summed E-state index contributed by atoms with van der Waals surface area (Å²) in [5.41, 5.74) is 7.51. The van der Waals surface area contributed by atoms with Gasteiger partial charge in [-0.25, -0.2) is 4.39 Å². The fourth-order valence-electron chi connectivity index (χ4n) is 1.83. The van der Waals surface area contributed by atoms with Crippen LogP contribution in [-0.4, -0.2) is 6.54 Å². The first-order chi connectivity index (χ1) is 10.1. The van der Waals surface area contributed by atoms with Gasteiger partial charge in [-0.3, -0.25) is 0 Å². The van der Waals surface area contributed by atoms with Crippen molar-refractivity contribution in [3.05, 3.63) is 63.9 Å². The molecule has 0 aliphatic heterocycles. The minimum absolute atomic E-state index is 0.0475. The number of benzene rings is 2. The summed E-state index contributed by atoms with van der Waals surface area (Å²) in [5, 5.41) is 0.344. The topological polar surface area (TPSA) is 35.2 Å². The number of hydrogen-bond acceptors (Lipinski definition) is 2. The Morgan fingerprint density at radius 1 is 1.29 bits per heavy atom. The van der Waals surface area contributed by atoms with Gasteiger partial charge in [-0.2, -0.15) is 0 Å². The maximum absolute atomic E-state index is 13.7. The summed E-state index contributed by atoms with van der Waals surface area (Å²) in [6.45, 7) is 2.28. The Labute approximate surface area is 128 Å². The molecule has 4 heteroatoms. The quantitative estimate of drug-likeness (QED) is 0.878. The third-order valence-electron chi connectivity index (χ3n) is 2.89. The first-order valence-electron chi connectivity index (χ1n) is 6.47. The molecule has 0 saturated heterocycles.